The number of hydrogen-bond donors (Lipinski definition) is 1. The molecule has 0 radical (unpaired) electrons. The lowest BCUT2D eigenvalue weighted by Crippen LogP contribution is -2.13. The van der Waals surface area contributed by atoms with Crippen molar-refractivity contribution >= 4 is 23.2 Å². The third kappa shape index (κ3) is 4.12. The van der Waals surface area contributed by atoms with E-state index in [2.05, 4.69) is 10.4 Å². The quantitative estimate of drug-likeness (QED) is 0.664. The molecule has 0 aliphatic rings. The Morgan fingerprint density at radius 3 is 2.39 bits per heavy atom. The molecule has 0 fully saturated rings. The van der Waals surface area contributed by atoms with Crippen LogP contribution >= 0.6 is 11.6 Å². The van der Waals surface area contributed by atoms with Gasteiger partial charge in [-0.15, -0.1) is 0 Å². The maximum Gasteiger partial charge on any atom is 0.255 e. The molecule has 0 spiro atoms. The highest BCUT2D eigenvalue weighted by Gasteiger charge is 2.16. The number of benzene rings is 2. The molecule has 1 N–H and O–H groups in total. The van der Waals surface area contributed by atoms with Crippen molar-refractivity contribution in [3.05, 3.63) is 70.0 Å². The first-order chi connectivity index (χ1) is 13.4. The first-order valence-corrected chi connectivity index (χ1v) is 9.12. The second kappa shape index (κ2) is 8.35. The number of rotatable bonds is 6. The number of nitrogens with zero attached hydrogens (tertiary/aromatic N) is 2. The standard InChI is InChI=1S/C21H22ClN3O3/c1-13-20(23-21(26)16-6-8-17(22)9-7-16)14(2)25(24-13)12-15-5-10-18(27-3)19(11-15)28-4/h5-11H,12H2,1-4H3,(H,23,26). The molecule has 3 aromatic rings. The lowest BCUT2D eigenvalue weighted by molar-refractivity contribution is 0.102. The van der Waals surface area contributed by atoms with Crippen LogP contribution in [-0.4, -0.2) is 29.9 Å². The van der Waals surface area contributed by atoms with Crippen LogP contribution in [-0.2, 0) is 6.54 Å². The molecule has 0 atom stereocenters. The smallest absolute Gasteiger partial charge is 0.255 e. The molecule has 0 aliphatic carbocycles. The predicted molar refractivity (Wildman–Crippen MR) is 110 cm³/mol. The minimum absolute atomic E-state index is 0.200. The molecule has 0 bridgehead atoms. The molecule has 1 heterocycles. The third-order valence-corrected chi connectivity index (χ3v) is 4.76. The average Bonchev–Trinajstić information content (AvgIpc) is 2.95. The van der Waals surface area contributed by atoms with Crippen molar-refractivity contribution in [3.63, 3.8) is 0 Å². The van der Waals surface area contributed by atoms with E-state index >= 15 is 0 Å². The van der Waals surface area contributed by atoms with Gasteiger partial charge in [-0.25, -0.2) is 0 Å². The fourth-order valence-corrected chi connectivity index (χ4v) is 3.10. The van der Waals surface area contributed by atoms with Gasteiger partial charge in [0.2, 0.25) is 0 Å². The molecule has 0 aliphatic heterocycles. The molecular weight excluding hydrogens is 378 g/mol. The third-order valence-electron chi connectivity index (χ3n) is 4.51. The van der Waals surface area contributed by atoms with Crippen molar-refractivity contribution < 1.29 is 14.3 Å². The van der Waals surface area contributed by atoms with Gasteiger partial charge in [-0.3, -0.25) is 9.48 Å². The van der Waals surface area contributed by atoms with Crippen LogP contribution in [0.4, 0.5) is 5.69 Å². The SMILES string of the molecule is COc1ccc(Cn2nc(C)c(NC(=O)c3ccc(Cl)cc3)c2C)cc1OC. The lowest BCUT2D eigenvalue weighted by atomic mass is 10.2. The second-order valence-electron chi connectivity index (χ2n) is 6.35. The van der Waals surface area contributed by atoms with Crippen LogP contribution in [0.3, 0.4) is 0 Å². The minimum Gasteiger partial charge on any atom is -0.493 e. The molecule has 0 unspecified atom stereocenters. The van der Waals surface area contributed by atoms with Gasteiger partial charge in [0.05, 0.1) is 37.8 Å². The van der Waals surface area contributed by atoms with Gasteiger partial charge in [0, 0.05) is 10.6 Å². The second-order valence-corrected chi connectivity index (χ2v) is 6.79. The van der Waals surface area contributed by atoms with Crippen LogP contribution in [0, 0.1) is 13.8 Å². The summed E-state index contributed by atoms with van der Waals surface area (Å²) in [5.41, 5.74) is 3.88. The Morgan fingerprint density at radius 1 is 1.07 bits per heavy atom. The van der Waals surface area contributed by atoms with Gasteiger partial charge < -0.3 is 14.8 Å². The maximum absolute atomic E-state index is 12.5. The maximum atomic E-state index is 12.5. The predicted octanol–water partition coefficient (Wildman–Crippen LogP) is 4.47. The molecule has 1 amide bonds. The van der Waals surface area contributed by atoms with Crippen LogP contribution in [0.5, 0.6) is 11.5 Å². The van der Waals surface area contributed by atoms with E-state index in [1.807, 2.05) is 36.7 Å². The molecule has 3 rings (SSSR count). The van der Waals surface area contributed by atoms with Gasteiger partial charge in [0.1, 0.15) is 0 Å². The zero-order valence-electron chi connectivity index (χ0n) is 16.2. The Hall–Kier alpha value is -2.99. The van der Waals surface area contributed by atoms with Crippen molar-refractivity contribution in [2.45, 2.75) is 20.4 Å². The molecule has 0 saturated heterocycles. The zero-order valence-corrected chi connectivity index (χ0v) is 17.0. The summed E-state index contributed by atoms with van der Waals surface area (Å²) in [4.78, 5) is 12.5. The van der Waals surface area contributed by atoms with Gasteiger partial charge in [0.25, 0.3) is 5.91 Å². The van der Waals surface area contributed by atoms with Crippen molar-refractivity contribution in [1.82, 2.24) is 9.78 Å². The summed E-state index contributed by atoms with van der Waals surface area (Å²) in [6.45, 7) is 4.34. The fourth-order valence-electron chi connectivity index (χ4n) is 2.97. The molecule has 7 heteroatoms. The number of aromatic nitrogens is 2. The summed E-state index contributed by atoms with van der Waals surface area (Å²) in [5.74, 6) is 1.14. The van der Waals surface area contributed by atoms with E-state index in [1.54, 1.807) is 38.5 Å². The van der Waals surface area contributed by atoms with E-state index in [-0.39, 0.29) is 5.91 Å². The molecule has 0 saturated carbocycles. The first kappa shape index (κ1) is 19.8. The molecular formula is C21H22ClN3O3. The number of anilines is 1. The summed E-state index contributed by atoms with van der Waals surface area (Å²) >= 11 is 5.89. The zero-order chi connectivity index (χ0) is 20.3. The van der Waals surface area contributed by atoms with Gasteiger partial charge in [-0.05, 0) is 55.8 Å². The summed E-state index contributed by atoms with van der Waals surface area (Å²) < 4.78 is 12.5. The summed E-state index contributed by atoms with van der Waals surface area (Å²) in [6, 6.07) is 12.5. The summed E-state index contributed by atoms with van der Waals surface area (Å²) in [7, 11) is 3.21. The summed E-state index contributed by atoms with van der Waals surface area (Å²) in [6.07, 6.45) is 0. The highest BCUT2D eigenvalue weighted by Crippen LogP contribution is 2.28. The number of carbonyl (C=O) groups is 1. The van der Waals surface area contributed by atoms with Gasteiger partial charge >= 0.3 is 0 Å². The number of halogens is 1. The highest BCUT2D eigenvalue weighted by atomic mass is 35.5. The van der Waals surface area contributed by atoms with E-state index in [9.17, 15) is 4.79 Å². The van der Waals surface area contributed by atoms with Crippen molar-refractivity contribution in [2.75, 3.05) is 19.5 Å². The van der Waals surface area contributed by atoms with Crippen LogP contribution in [0.2, 0.25) is 5.02 Å². The fraction of sp³-hybridized carbons (Fsp3) is 0.238. The minimum atomic E-state index is -0.200. The normalized spacial score (nSPS) is 10.6. The monoisotopic (exact) mass is 399 g/mol. The number of ether oxygens (including phenoxy) is 2. The van der Waals surface area contributed by atoms with E-state index in [0.717, 1.165) is 17.0 Å². The van der Waals surface area contributed by atoms with Gasteiger partial charge in [-0.2, -0.15) is 5.10 Å². The van der Waals surface area contributed by atoms with E-state index < -0.39 is 0 Å². The Kier molecular flexibility index (Phi) is 5.90. The van der Waals surface area contributed by atoms with Crippen LogP contribution < -0.4 is 14.8 Å². The Morgan fingerprint density at radius 2 is 1.75 bits per heavy atom. The molecule has 1 aromatic heterocycles. The molecule has 6 nitrogen and oxygen atoms in total. The number of amides is 1. The van der Waals surface area contributed by atoms with Crippen LogP contribution in [0.25, 0.3) is 0 Å². The highest BCUT2D eigenvalue weighted by molar-refractivity contribution is 6.30. The number of methoxy groups -OCH3 is 2. The molecule has 146 valence electrons. The molecule has 28 heavy (non-hydrogen) atoms. The van der Waals surface area contributed by atoms with Crippen molar-refractivity contribution in [1.29, 1.82) is 0 Å². The largest absolute Gasteiger partial charge is 0.493 e. The van der Waals surface area contributed by atoms with Crippen LogP contribution in [0.15, 0.2) is 42.5 Å². The van der Waals surface area contributed by atoms with Crippen LogP contribution in [0.1, 0.15) is 27.3 Å². The molecule has 2 aromatic carbocycles. The van der Waals surface area contributed by atoms with E-state index in [0.29, 0.717) is 34.3 Å². The van der Waals surface area contributed by atoms with E-state index in [4.69, 9.17) is 21.1 Å². The average molecular weight is 400 g/mol. The van der Waals surface area contributed by atoms with E-state index in [1.165, 1.54) is 0 Å². The topological polar surface area (TPSA) is 65.4 Å². The van der Waals surface area contributed by atoms with Gasteiger partial charge in [-0.1, -0.05) is 17.7 Å². The Labute approximate surface area is 169 Å². The first-order valence-electron chi connectivity index (χ1n) is 8.74. The van der Waals surface area contributed by atoms with Crippen molar-refractivity contribution in [3.8, 4) is 11.5 Å². The van der Waals surface area contributed by atoms with Crippen molar-refractivity contribution in [2.24, 2.45) is 0 Å². The lowest BCUT2D eigenvalue weighted by Gasteiger charge is -2.11. The number of aryl methyl sites for hydroxylation is 1. The Bertz CT molecular complexity index is 997. The number of hydrogen-bond acceptors (Lipinski definition) is 4. The van der Waals surface area contributed by atoms with Gasteiger partial charge in [0.15, 0.2) is 11.5 Å². The summed E-state index contributed by atoms with van der Waals surface area (Å²) in [5, 5.41) is 8.11. The Balaban J connectivity index is 1.82. The number of nitrogens with one attached hydrogen (secondary N) is 1. The number of carbonyl (C=O) groups excluding carboxylic acids is 1.